The Morgan fingerprint density at radius 3 is 2.43 bits per heavy atom. The zero-order chi connectivity index (χ0) is 21.6. The molecular weight excluding hydrogens is 476 g/mol. The summed E-state index contributed by atoms with van der Waals surface area (Å²) in [5, 5.41) is 12.6. The first-order valence-electron chi connectivity index (χ1n) is 8.51. The summed E-state index contributed by atoms with van der Waals surface area (Å²) in [6, 6.07) is 6.93. The van der Waals surface area contributed by atoms with Gasteiger partial charge < -0.3 is 5.32 Å². The molecule has 1 N–H and O–H groups in total. The highest BCUT2D eigenvalue weighted by Crippen LogP contribution is 2.36. The smallest absolute Gasteiger partial charge is 0.263 e. The summed E-state index contributed by atoms with van der Waals surface area (Å²) in [7, 11) is 0. The molecule has 154 valence electrons. The second-order valence-electron chi connectivity index (χ2n) is 6.48. The molecule has 2 heterocycles. The molecular formula is C18H11Cl4N5O3. The van der Waals surface area contributed by atoms with Crippen LogP contribution in [0.2, 0.25) is 20.1 Å². The molecule has 0 radical (unpaired) electrons. The van der Waals surface area contributed by atoms with Crippen molar-refractivity contribution >= 4 is 75.5 Å². The van der Waals surface area contributed by atoms with Crippen molar-refractivity contribution in [2.75, 3.05) is 16.8 Å². The number of nitrogens with one attached hydrogen (secondary N) is 1. The molecule has 0 aliphatic carbocycles. The van der Waals surface area contributed by atoms with Gasteiger partial charge >= 0.3 is 0 Å². The third-order valence-electron chi connectivity index (χ3n) is 4.52. The van der Waals surface area contributed by atoms with E-state index in [0.717, 1.165) is 4.90 Å². The maximum atomic E-state index is 13.0. The summed E-state index contributed by atoms with van der Waals surface area (Å²) in [5.41, 5.74) is 0.617. The van der Waals surface area contributed by atoms with E-state index in [9.17, 15) is 14.4 Å². The third kappa shape index (κ3) is 3.72. The number of carbonyl (C=O) groups excluding carboxylic acids is 3. The van der Waals surface area contributed by atoms with Crippen molar-refractivity contribution < 1.29 is 14.4 Å². The minimum Gasteiger partial charge on any atom is -0.324 e. The number of anilines is 2. The van der Waals surface area contributed by atoms with Crippen molar-refractivity contribution in [2.45, 2.75) is 12.1 Å². The lowest BCUT2D eigenvalue weighted by atomic mass is 10.1. The second kappa shape index (κ2) is 8.03. The molecule has 0 spiro atoms. The van der Waals surface area contributed by atoms with E-state index in [2.05, 4.69) is 15.7 Å². The summed E-state index contributed by atoms with van der Waals surface area (Å²) in [6.45, 7) is -0.299. The molecule has 0 saturated carbocycles. The monoisotopic (exact) mass is 485 g/mol. The van der Waals surface area contributed by atoms with Crippen molar-refractivity contribution in [3.63, 3.8) is 0 Å². The van der Waals surface area contributed by atoms with Gasteiger partial charge in [-0.05, 0) is 36.4 Å². The summed E-state index contributed by atoms with van der Waals surface area (Å²) >= 11 is 23.8. The number of carbonyl (C=O) groups is 3. The molecule has 0 unspecified atom stereocenters. The largest absolute Gasteiger partial charge is 0.324 e. The van der Waals surface area contributed by atoms with Crippen LogP contribution >= 0.6 is 46.4 Å². The van der Waals surface area contributed by atoms with Crippen LogP contribution in [0, 0.1) is 0 Å². The van der Waals surface area contributed by atoms with Crippen molar-refractivity contribution in [1.29, 1.82) is 0 Å². The van der Waals surface area contributed by atoms with Gasteiger partial charge in [0.25, 0.3) is 11.8 Å². The first kappa shape index (κ1) is 20.9. The molecule has 2 aromatic carbocycles. The van der Waals surface area contributed by atoms with Gasteiger partial charge in [0.05, 0.1) is 20.8 Å². The van der Waals surface area contributed by atoms with Crippen LogP contribution in [0.15, 0.2) is 46.7 Å². The number of hydrogen-bond acceptors (Lipinski definition) is 6. The predicted octanol–water partition coefficient (Wildman–Crippen LogP) is 4.23. The van der Waals surface area contributed by atoms with E-state index in [4.69, 9.17) is 46.4 Å². The van der Waals surface area contributed by atoms with Crippen LogP contribution in [-0.4, -0.2) is 41.4 Å². The van der Waals surface area contributed by atoms with E-state index in [1.54, 1.807) is 6.07 Å². The quantitative estimate of drug-likeness (QED) is 0.654. The molecule has 2 atom stereocenters. The van der Waals surface area contributed by atoms with Gasteiger partial charge in [-0.3, -0.25) is 19.4 Å². The molecule has 2 aromatic rings. The Hall–Kier alpha value is -2.39. The maximum Gasteiger partial charge on any atom is 0.263 e. The lowest BCUT2D eigenvalue weighted by Crippen LogP contribution is -2.43. The fourth-order valence-corrected chi connectivity index (χ4v) is 3.97. The average Bonchev–Trinajstić information content (AvgIpc) is 3.19. The van der Waals surface area contributed by atoms with Gasteiger partial charge in [0.15, 0.2) is 12.1 Å². The highest BCUT2D eigenvalue weighted by Gasteiger charge is 2.55. The van der Waals surface area contributed by atoms with Crippen LogP contribution in [0.3, 0.4) is 0 Å². The van der Waals surface area contributed by atoms with E-state index >= 15 is 0 Å². The van der Waals surface area contributed by atoms with Crippen LogP contribution < -0.4 is 10.2 Å². The van der Waals surface area contributed by atoms with Crippen LogP contribution in [0.4, 0.5) is 11.4 Å². The SMILES string of the molecule is O=C(CN1N=N[C@H]2C(=O)N(c3ccc(Cl)cc3Cl)C(=O)[C@@H]21)Nc1ccc(Cl)c(Cl)c1. The fourth-order valence-electron chi connectivity index (χ4n) is 3.18. The normalized spacial score (nSPS) is 20.1. The Morgan fingerprint density at radius 1 is 0.967 bits per heavy atom. The van der Waals surface area contributed by atoms with Crippen LogP contribution in [0.1, 0.15) is 0 Å². The molecule has 2 aliphatic heterocycles. The zero-order valence-electron chi connectivity index (χ0n) is 14.9. The molecule has 1 fully saturated rings. The Bertz CT molecular complexity index is 1110. The number of amides is 3. The van der Waals surface area contributed by atoms with E-state index in [0.29, 0.717) is 15.7 Å². The highest BCUT2D eigenvalue weighted by molar-refractivity contribution is 6.42. The molecule has 12 heteroatoms. The number of benzene rings is 2. The number of halogens is 4. The molecule has 1 saturated heterocycles. The minimum absolute atomic E-state index is 0.144. The number of imide groups is 1. The summed E-state index contributed by atoms with van der Waals surface area (Å²) < 4.78 is 0. The fraction of sp³-hybridized carbons (Fsp3) is 0.167. The first-order valence-corrected chi connectivity index (χ1v) is 10.0. The number of nitrogens with zero attached hydrogens (tertiary/aromatic N) is 4. The van der Waals surface area contributed by atoms with Gasteiger partial charge in [-0.25, -0.2) is 4.90 Å². The number of fused-ring (bicyclic) bond motifs is 1. The molecule has 4 rings (SSSR count). The standard InChI is InChI=1S/C18H11Cl4N5O3/c19-8-1-4-13(12(22)5-8)27-17(29)15-16(18(27)30)26(25-24-15)7-14(28)23-9-2-3-10(20)11(21)6-9/h1-6,15-16H,7H2,(H,23,28)/t15-,16-/m1/s1. The average molecular weight is 487 g/mol. The predicted molar refractivity (Wildman–Crippen MR) is 113 cm³/mol. The van der Waals surface area contributed by atoms with Crippen LogP contribution in [0.5, 0.6) is 0 Å². The van der Waals surface area contributed by atoms with E-state index in [1.807, 2.05) is 0 Å². The van der Waals surface area contributed by atoms with Crippen LogP contribution in [0.25, 0.3) is 0 Å². The Labute approximate surface area is 190 Å². The highest BCUT2D eigenvalue weighted by atomic mass is 35.5. The van der Waals surface area contributed by atoms with Crippen molar-refractivity contribution in [2.24, 2.45) is 10.3 Å². The zero-order valence-corrected chi connectivity index (χ0v) is 17.9. The number of rotatable bonds is 4. The molecule has 3 amide bonds. The van der Waals surface area contributed by atoms with Gasteiger partial charge in [0.1, 0.15) is 6.54 Å². The maximum absolute atomic E-state index is 13.0. The first-order chi connectivity index (χ1) is 14.3. The topological polar surface area (TPSA) is 94.4 Å². The summed E-state index contributed by atoms with van der Waals surface area (Å²) in [6.07, 6.45) is 0. The third-order valence-corrected chi connectivity index (χ3v) is 5.79. The molecule has 30 heavy (non-hydrogen) atoms. The van der Waals surface area contributed by atoms with Crippen LogP contribution in [-0.2, 0) is 14.4 Å². The van der Waals surface area contributed by atoms with Gasteiger partial charge in [-0.1, -0.05) is 51.6 Å². The molecule has 2 aliphatic rings. The van der Waals surface area contributed by atoms with Gasteiger partial charge in [0, 0.05) is 10.7 Å². The molecule has 0 bridgehead atoms. The van der Waals surface area contributed by atoms with E-state index in [1.165, 1.54) is 35.3 Å². The summed E-state index contributed by atoms with van der Waals surface area (Å²) in [4.78, 5) is 39.0. The van der Waals surface area contributed by atoms with Gasteiger partial charge in [-0.2, -0.15) is 5.11 Å². The number of hydrogen-bond donors (Lipinski definition) is 1. The summed E-state index contributed by atoms with van der Waals surface area (Å²) in [5.74, 6) is -1.64. The Morgan fingerprint density at radius 2 is 1.73 bits per heavy atom. The Balaban J connectivity index is 1.50. The second-order valence-corrected chi connectivity index (χ2v) is 8.13. The van der Waals surface area contributed by atoms with Gasteiger partial charge in [-0.15, -0.1) is 0 Å². The van der Waals surface area contributed by atoms with E-state index in [-0.39, 0.29) is 22.3 Å². The van der Waals surface area contributed by atoms with E-state index < -0.39 is 29.8 Å². The lowest BCUT2D eigenvalue weighted by Gasteiger charge is -2.20. The van der Waals surface area contributed by atoms with Gasteiger partial charge in [0.2, 0.25) is 5.91 Å². The molecule has 8 nitrogen and oxygen atoms in total. The van der Waals surface area contributed by atoms with Crippen molar-refractivity contribution in [3.05, 3.63) is 56.5 Å². The Kier molecular flexibility index (Phi) is 5.59. The minimum atomic E-state index is -1.05. The molecule has 0 aromatic heterocycles. The van der Waals surface area contributed by atoms with Crippen molar-refractivity contribution in [1.82, 2.24) is 5.01 Å². The van der Waals surface area contributed by atoms with Crippen molar-refractivity contribution in [3.8, 4) is 0 Å². The lowest BCUT2D eigenvalue weighted by molar-refractivity contribution is -0.123.